The summed E-state index contributed by atoms with van der Waals surface area (Å²) in [5.41, 5.74) is 1.22. The van der Waals surface area contributed by atoms with Gasteiger partial charge in [-0.25, -0.2) is 0 Å². The van der Waals surface area contributed by atoms with Crippen LogP contribution in [0.2, 0.25) is 0 Å². The Hall–Kier alpha value is -0.900. The lowest BCUT2D eigenvalue weighted by molar-refractivity contribution is 0.428. The van der Waals surface area contributed by atoms with Crippen molar-refractivity contribution in [3.05, 3.63) is 11.9 Å². The molecule has 0 radical (unpaired) electrons. The highest BCUT2D eigenvalue weighted by Crippen LogP contribution is 1.99. The van der Waals surface area contributed by atoms with Gasteiger partial charge >= 0.3 is 0 Å². The smallest absolute Gasteiger partial charge is 0.0839 e. The molecule has 0 aliphatic rings. The molecule has 1 aromatic rings. The maximum Gasteiger partial charge on any atom is 0.0839 e. The summed E-state index contributed by atoms with van der Waals surface area (Å²) in [6.45, 7) is 7.42. The molecule has 0 fully saturated rings. The van der Waals surface area contributed by atoms with Gasteiger partial charge in [-0.05, 0) is 20.8 Å². The number of aryl methyl sites for hydroxylation is 1. The van der Waals surface area contributed by atoms with Gasteiger partial charge in [-0.2, -0.15) is 0 Å². The second-order valence-corrected chi connectivity index (χ2v) is 4.31. The van der Waals surface area contributed by atoms with E-state index in [0.717, 1.165) is 18.7 Å². The normalized spacial score (nSPS) is 12.0. The van der Waals surface area contributed by atoms with Crippen LogP contribution in [-0.2, 0) is 13.5 Å². The van der Waals surface area contributed by atoms with Crippen molar-refractivity contribution in [1.29, 1.82) is 0 Å². The van der Waals surface area contributed by atoms with Crippen LogP contribution < -0.4 is 5.32 Å². The highest BCUT2D eigenvalue weighted by atomic mass is 15.4. The van der Waals surface area contributed by atoms with E-state index < -0.39 is 0 Å². The second-order valence-electron chi connectivity index (χ2n) is 4.31. The Morgan fingerprint density at radius 2 is 2.15 bits per heavy atom. The molecule has 1 heterocycles. The molecule has 4 nitrogen and oxygen atoms in total. The van der Waals surface area contributed by atoms with Gasteiger partial charge in [0, 0.05) is 31.7 Å². The van der Waals surface area contributed by atoms with Gasteiger partial charge in [0.2, 0.25) is 0 Å². The van der Waals surface area contributed by atoms with Crippen LogP contribution in [0.15, 0.2) is 6.20 Å². The molecule has 1 aromatic heterocycles. The summed E-state index contributed by atoms with van der Waals surface area (Å²) in [6, 6.07) is 0. The van der Waals surface area contributed by atoms with Crippen LogP contribution in [-0.4, -0.2) is 27.1 Å². The monoisotopic (exact) mass is 182 g/mol. The molecule has 0 bridgehead atoms. The first-order valence-electron chi connectivity index (χ1n) is 4.57. The van der Waals surface area contributed by atoms with Crippen LogP contribution in [0.4, 0.5) is 0 Å². The minimum Gasteiger partial charge on any atom is -0.312 e. The van der Waals surface area contributed by atoms with Gasteiger partial charge in [0.05, 0.1) is 5.69 Å². The topological polar surface area (TPSA) is 42.7 Å². The molecule has 0 atom stereocenters. The fraction of sp³-hybridized carbons (Fsp3) is 0.778. The van der Waals surface area contributed by atoms with Gasteiger partial charge in [-0.1, -0.05) is 5.21 Å². The molecule has 0 aromatic carbocycles. The fourth-order valence-corrected chi connectivity index (χ4v) is 1.08. The lowest BCUT2D eigenvalue weighted by atomic mass is 10.1. The van der Waals surface area contributed by atoms with Gasteiger partial charge in [0.15, 0.2) is 0 Å². The lowest BCUT2D eigenvalue weighted by Crippen LogP contribution is -2.37. The number of nitrogens with one attached hydrogen (secondary N) is 1. The molecule has 0 spiro atoms. The van der Waals surface area contributed by atoms with Gasteiger partial charge in [-0.3, -0.25) is 4.68 Å². The fourth-order valence-electron chi connectivity index (χ4n) is 1.08. The average Bonchev–Trinajstić information content (AvgIpc) is 2.33. The third-order valence-corrected chi connectivity index (χ3v) is 1.69. The van der Waals surface area contributed by atoms with Gasteiger partial charge in [0.1, 0.15) is 0 Å². The number of hydrogen-bond acceptors (Lipinski definition) is 3. The first-order valence-corrected chi connectivity index (χ1v) is 4.57. The molecule has 1 N–H and O–H groups in total. The molecular weight excluding hydrogens is 164 g/mol. The third-order valence-electron chi connectivity index (χ3n) is 1.69. The van der Waals surface area contributed by atoms with Crippen molar-refractivity contribution in [1.82, 2.24) is 20.3 Å². The van der Waals surface area contributed by atoms with Crippen molar-refractivity contribution < 1.29 is 0 Å². The van der Waals surface area contributed by atoms with E-state index in [-0.39, 0.29) is 5.54 Å². The Balaban J connectivity index is 2.28. The average molecular weight is 182 g/mol. The van der Waals surface area contributed by atoms with Crippen molar-refractivity contribution in [3.8, 4) is 0 Å². The first kappa shape index (κ1) is 10.2. The quantitative estimate of drug-likeness (QED) is 0.750. The standard InChI is InChI=1S/C9H18N4/c1-9(2,3)10-6-5-8-7-13(4)12-11-8/h7,10H,5-6H2,1-4H3. The Bertz CT molecular complexity index is 259. The van der Waals surface area contributed by atoms with E-state index >= 15 is 0 Å². The second kappa shape index (κ2) is 3.87. The minimum atomic E-state index is 0.183. The number of aromatic nitrogens is 3. The molecule has 0 saturated carbocycles. The molecule has 0 aliphatic carbocycles. The van der Waals surface area contributed by atoms with E-state index in [1.807, 2.05) is 13.2 Å². The predicted molar refractivity (Wildman–Crippen MR) is 52.5 cm³/mol. The van der Waals surface area contributed by atoms with Gasteiger partial charge in [0.25, 0.3) is 0 Å². The summed E-state index contributed by atoms with van der Waals surface area (Å²) in [4.78, 5) is 0. The van der Waals surface area contributed by atoms with Crippen LogP contribution >= 0.6 is 0 Å². The van der Waals surface area contributed by atoms with Gasteiger partial charge < -0.3 is 5.32 Å². The largest absolute Gasteiger partial charge is 0.312 e. The number of hydrogen-bond donors (Lipinski definition) is 1. The van der Waals surface area contributed by atoms with Crippen molar-refractivity contribution in [2.24, 2.45) is 7.05 Å². The van der Waals surface area contributed by atoms with Gasteiger partial charge in [-0.15, -0.1) is 5.10 Å². The predicted octanol–water partition coefficient (Wildman–Crippen LogP) is 0.746. The van der Waals surface area contributed by atoms with Crippen molar-refractivity contribution in [2.45, 2.75) is 32.7 Å². The molecule has 13 heavy (non-hydrogen) atoms. The highest BCUT2D eigenvalue weighted by molar-refractivity contribution is 4.92. The Morgan fingerprint density at radius 3 is 2.62 bits per heavy atom. The summed E-state index contributed by atoms with van der Waals surface area (Å²) in [7, 11) is 1.88. The third kappa shape index (κ3) is 4.03. The van der Waals surface area contributed by atoms with E-state index in [4.69, 9.17) is 0 Å². The molecule has 0 aliphatic heterocycles. The molecule has 0 unspecified atom stereocenters. The van der Waals surface area contributed by atoms with E-state index in [2.05, 4.69) is 36.4 Å². The maximum atomic E-state index is 4.01. The minimum absolute atomic E-state index is 0.183. The van der Waals surface area contributed by atoms with Crippen LogP contribution in [0.25, 0.3) is 0 Å². The molecule has 74 valence electrons. The highest BCUT2D eigenvalue weighted by Gasteiger charge is 2.08. The zero-order valence-corrected chi connectivity index (χ0v) is 8.83. The number of rotatable bonds is 3. The lowest BCUT2D eigenvalue weighted by Gasteiger charge is -2.19. The Kier molecular flexibility index (Phi) is 3.03. The summed E-state index contributed by atoms with van der Waals surface area (Å²) < 4.78 is 1.73. The van der Waals surface area contributed by atoms with Crippen LogP contribution in [0.5, 0.6) is 0 Å². The molecular formula is C9H18N4. The first-order chi connectivity index (χ1) is 5.97. The Labute approximate surface area is 79.3 Å². The van der Waals surface area contributed by atoms with Crippen molar-refractivity contribution in [3.63, 3.8) is 0 Å². The van der Waals surface area contributed by atoms with E-state index in [1.165, 1.54) is 0 Å². The summed E-state index contributed by atoms with van der Waals surface area (Å²) in [5.74, 6) is 0. The van der Waals surface area contributed by atoms with Crippen LogP contribution in [0, 0.1) is 0 Å². The van der Waals surface area contributed by atoms with Crippen molar-refractivity contribution in [2.75, 3.05) is 6.54 Å². The summed E-state index contributed by atoms with van der Waals surface area (Å²) >= 11 is 0. The van der Waals surface area contributed by atoms with E-state index in [9.17, 15) is 0 Å². The molecule has 0 amide bonds. The Morgan fingerprint density at radius 1 is 1.46 bits per heavy atom. The molecule has 4 heteroatoms. The zero-order chi connectivity index (χ0) is 9.90. The molecule has 1 rings (SSSR count). The van der Waals surface area contributed by atoms with Crippen LogP contribution in [0.3, 0.4) is 0 Å². The summed E-state index contributed by atoms with van der Waals surface area (Å²) in [5, 5.41) is 11.3. The zero-order valence-electron chi connectivity index (χ0n) is 8.83. The SMILES string of the molecule is Cn1cc(CCNC(C)(C)C)nn1. The molecule has 0 saturated heterocycles. The van der Waals surface area contributed by atoms with Crippen LogP contribution in [0.1, 0.15) is 26.5 Å². The van der Waals surface area contributed by atoms with E-state index in [1.54, 1.807) is 4.68 Å². The number of nitrogens with zero attached hydrogens (tertiary/aromatic N) is 3. The summed E-state index contributed by atoms with van der Waals surface area (Å²) in [6.07, 6.45) is 2.88. The maximum absolute atomic E-state index is 4.01. The van der Waals surface area contributed by atoms with E-state index in [0.29, 0.717) is 0 Å². The van der Waals surface area contributed by atoms with Crippen molar-refractivity contribution >= 4 is 0 Å².